The summed E-state index contributed by atoms with van der Waals surface area (Å²) in [6.07, 6.45) is 7.73. The molecule has 0 aromatic carbocycles. The topological polar surface area (TPSA) is 42.7 Å². The minimum absolute atomic E-state index is 0.156. The van der Waals surface area contributed by atoms with E-state index in [-0.39, 0.29) is 6.04 Å². The van der Waals surface area contributed by atoms with Crippen LogP contribution in [0.15, 0.2) is 30.9 Å². The quantitative estimate of drug-likeness (QED) is 0.872. The summed E-state index contributed by atoms with van der Waals surface area (Å²) in [5.41, 5.74) is 3.61. The van der Waals surface area contributed by atoms with Crippen LogP contribution < -0.4 is 5.32 Å². The van der Waals surface area contributed by atoms with E-state index in [1.165, 1.54) is 16.7 Å². The van der Waals surface area contributed by atoms with Gasteiger partial charge in [0, 0.05) is 30.7 Å². The Morgan fingerprint density at radius 1 is 1.41 bits per heavy atom. The van der Waals surface area contributed by atoms with E-state index in [2.05, 4.69) is 35.4 Å². The van der Waals surface area contributed by atoms with Gasteiger partial charge in [-0.05, 0) is 38.1 Å². The molecular weight excluding hydrogens is 212 g/mol. The molecule has 2 heterocycles. The van der Waals surface area contributed by atoms with Crippen molar-refractivity contribution in [3.8, 4) is 0 Å². The van der Waals surface area contributed by atoms with Crippen LogP contribution in [0, 0.1) is 6.92 Å². The molecule has 4 nitrogen and oxygen atoms in total. The Morgan fingerprint density at radius 2 is 2.24 bits per heavy atom. The normalized spacial score (nSPS) is 12.6. The lowest BCUT2D eigenvalue weighted by Gasteiger charge is -2.16. The highest BCUT2D eigenvalue weighted by Gasteiger charge is 2.15. The number of hydrogen-bond donors (Lipinski definition) is 1. The minimum Gasteiger partial charge on any atom is -0.309 e. The standard InChI is InChI=1S/C13H18N4/c1-4-17-9-11(7-16-17)13(14-3)12-8-15-6-5-10(12)2/h5-9,13-14H,4H2,1-3H3. The summed E-state index contributed by atoms with van der Waals surface area (Å²) < 4.78 is 1.94. The van der Waals surface area contributed by atoms with Crippen LogP contribution in [0.25, 0.3) is 0 Å². The number of rotatable bonds is 4. The number of nitrogens with one attached hydrogen (secondary N) is 1. The number of nitrogens with zero attached hydrogens (tertiary/aromatic N) is 3. The predicted octanol–water partition coefficient (Wildman–Crippen LogP) is 1.92. The highest BCUT2D eigenvalue weighted by atomic mass is 15.3. The molecule has 1 N–H and O–H groups in total. The van der Waals surface area contributed by atoms with Gasteiger partial charge in [0.15, 0.2) is 0 Å². The summed E-state index contributed by atoms with van der Waals surface area (Å²) in [5.74, 6) is 0. The molecule has 0 aliphatic carbocycles. The summed E-state index contributed by atoms with van der Waals surface area (Å²) in [5, 5.41) is 7.63. The SMILES string of the molecule is CCn1cc(C(NC)c2cnccc2C)cn1. The van der Waals surface area contributed by atoms with Gasteiger partial charge in [-0.3, -0.25) is 9.67 Å². The molecule has 90 valence electrons. The van der Waals surface area contributed by atoms with Crippen molar-refractivity contribution >= 4 is 0 Å². The first-order valence-electron chi connectivity index (χ1n) is 5.86. The van der Waals surface area contributed by atoms with E-state index >= 15 is 0 Å². The molecule has 1 atom stereocenters. The number of hydrogen-bond acceptors (Lipinski definition) is 3. The van der Waals surface area contributed by atoms with Gasteiger partial charge < -0.3 is 5.32 Å². The second-order valence-electron chi connectivity index (χ2n) is 4.08. The lowest BCUT2D eigenvalue weighted by molar-refractivity contribution is 0.652. The maximum Gasteiger partial charge on any atom is 0.0623 e. The smallest absolute Gasteiger partial charge is 0.0623 e. The van der Waals surface area contributed by atoms with Crippen LogP contribution >= 0.6 is 0 Å². The molecule has 17 heavy (non-hydrogen) atoms. The van der Waals surface area contributed by atoms with Gasteiger partial charge in [0.05, 0.1) is 12.2 Å². The van der Waals surface area contributed by atoms with Crippen LogP contribution in [-0.4, -0.2) is 21.8 Å². The van der Waals surface area contributed by atoms with Crippen LogP contribution in [0.2, 0.25) is 0 Å². The fraction of sp³-hybridized carbons (Fsp3) is 0.385. The van der Waals surface area contributed by atoms with E-state index in [0.717, 1.165) is 6.54 Å². The fourth-order valence-corrected chi connectivity index (χ4v) is 1.98. The van der Waals surface area contributed by atoms with Crippen LogP contribution in [-0.2, 0) is 6.54 Å². The van der Waals surface area contributed by atoms with Crippen LogP contribution in [0.3, 0.4) is 0 Å². The molecule has 0 aliphatic heterocycles. The van der Waals surface area contributed by atoms with Gasteiger partial charge in [-0.1, -0.05) is 0 Å². The largest absolute Gasteiger partial charge is 0.309 e. The second kappa shape index (κ2) is 5.10. The molecule has 2 rings (SSSR count). The van der Waals surface area contributed by atoms with Crippen LogP contribution in [0.4, 0.5) is 0 Å². The van der Waals surface area contributed by atoms with Crippen molar-refractivity contribution in [1.82, 2.24) is 20.1 Å². The van der Waals surface area contributed by atoms with Crippen molar-refractivity contribution in [2.45, 2.75) is 26.4 Å². The number of aryl methyl sites for hydroxylation is 2. The Morgan fingerprint density at radius 3 is 2.82 bits per heavy atom. The van der Waals surface area contributed by atoms with Crippen LogP contribution in [0.1, 0.15) is 29.7 Å². The van der Waals surface area contributed by atoms with Gasteiger partial charge in [0.25, 0.3) is 0 Å². The second-order valence-corrected chi connectivity index (χ2v) is 4.08. The van der Waals surface area contributed by atoms with E-state index in [9.17, 15) is 0 Å². The van der Waals surface area contributed by atoms with Gasteiger partial charge in [-0.25, -0.2) is 0 Å². The molecule has 2 aromatic heterocycles. The summed E-state index contributed by atoms with van der Waals surface area (Å²) >= 11 is 0. The zero-order valence-corrected chi connectivity index (χ0v) is 10.5. The summed E-state index contributed by atoms with van der Waals surface area (Å²) in [7, 11) is 1.96. The number of pyridine rings is 1. The molecule has 0 bridgehead atoms. The van der Waals surface area contributed by atoms with Crippen molar-refractivity contribution < 1.29 is 0 Å². The first-order valence-corrected chi connectivity index (χ1v) is 5.86. The average Bonchev–Trinajstić information content (AvgIpc) is 2.81. The molecule has 0 aliphatic rings. The van der Waals surface area contributed by atoms with Crippen molar-refractivity contribution in [2.75, 3.05) is 7.05 Å². The first-order chi connectivity index (χ1) is 8.26. The fourth-order valence-electron chi connectivity index (χ4n) is 1.98. The highest BCUT2D eigenvalue weighted by Crippen LogP contribution is 2.23. The summed E-state index contributed by atoms with van der Waals surface area (Å²) in [4.78, 5) is 4.20. The van der Waals surface area contributed by atoms with E-state index in [1.807, 2.05) is 36.4 Å². The van der Waals surface area contributed by atoms with Gasteiger partial charge in [-0.2, -0.15) is 5.10 Å². The minimum atomic E-state index is 0.156. The maximum atomic E-state index is 4.31. The van der Waals surface area contributed by atoms with Gasteiger partial charge in [-0.15, -0.1) is 0 Å². The van der Waals surface area contributed by atoms with Crippen molar-refractivity contribution in [2.24, 2.45) is 0 Å². The van der Waals surface area contributed by atoms with E-state index in [1.54, 1.807) is 0 Å². The Kier molecular flexibility index (Phi) is 3.54. The Labute approximate surface area is 102 Å². The molecule has 4 heteroatoms. The lowest BCUT2D eigenvalue weighted by Crippen LogP contribution is -2.18. The molecule has 0 saturated carbocycles. The maximum absolute atomic E-state index is 4.31. The predicted molar refractivity (Wildman–Crippen MR) is 67.8 cm³/mol. The summed E-state index contributed by atoms with van der Waals surface area (Å²) in [6.45, 7) is 5.08. The Bertz CT molecular complexity index is 490. The molecule has 1 unspecified atom stereocenters. The zero-order chi connectivity index (χ0) is 12.3. The van der Waals surface area contributed by atoms with Gasteiger partial charge in [0.2, 0.25) is 0 Å². The molecule has 0 amide bonds. The van der Waals surface area contributed by atoms with Crippen molar-refractivity contribution in [3.05, 3.63) is 47.5 Å². The van der Waals surface area contributed by atoms with Crippen molar-refractivity contribution in [3.63, 3.8) is 0 Å². The molecule has 2 aromatic rings. The molecule has 0 saturated heterocycles. The summed E-state index contributed by atoms with van der Waals surface area (Å²) in [6, 6.07) is 2.19. The third-order valence-corrected chi connectivity index (χ3v) is 2.99. The molecule has 0 fully saturated rings. The van der Waals surface area contributed by atoms with E-state index in [0.29, 0.717) is 0 Å². The molecule has 0 radical (unpaired) electrons. The molecular formula is C13H18N4. The Balaban J connectivity index is 2.36. The monoisotopic (exact) mass is 230 g/mol. The van der Waals surface area contributed by atoms with Gasteiger partial charge >= 0.3 is 0 Å². The first kappa shape index (κ1) is 11.8. The third-order valence-electron chi connectivity index (χ3n) is 2.99. The lowest BCUT2D eigenvalue weighted by atomic mass is 9.99. The molecule has 0 spiro atoms. The third kappa shape index (κ3) is 2.36. The van der Waals surface area contributed by atoms with E-state index in [4.69, 9.17) is 0 Å². The Hall–Kier alpha value is -1.68. The number of aromatic nitrogens is 3. The highest BCUT2D eigenvalue weighted by molar-refractivity contribution is 5.32. The average molecular weight is 230 g/mol. The zero-order valence-electron chi connectivity index (χ0n) is 10.5. The van der Waals surface area contributed by atoms with E-state index < -0.39 is 0 Å². The van der Waals surface area contributed by atoms with Crippen molar-refractivity contribution in [1.29, 1.82) is 0 Å². The van der Waals surface area contributed by atoms with Gasteiger partial charge in [0.1, 0.15) is 0 Å². The van der Waals surface area contributed by atoms with Crippen LogP contribution in [0.5, 0.6) is 0 Å².